The van der Waals surface area contributed by atoms with Crippen molar-refractivity contribution >= 4 is 0 Å². The molecule has 0 unspecified atom stereocenters. The molecule has 0 radical (unpaired) electrons. The van der Waals surface area contributed by atoms with Crippen molar-refractivity contribution in [3.63, 3.8) is 0 Å². The molecule has 25 heavy (non-hydrogen) atoms. The van der Waals surface area contributed by atoms with E-state index in [0.29, 0.717) is 0 Å². The number of halogens is 16. The van der Waals surface area contributed by atoms with E-state index in [0.717, 1.165) is 0 Å². The van der Waals surface area contributed by atoms with E-state index in [-0.39, 0.29) is 0 Å². The molecule has 150 valence electrons. The van der Waals surface area contributed by atoms with Crippen molar-refractivity contribution in [3.8, 4) is 0 Å². The largest absolute Gasteiger partial charge is 0.460 e. The van der Waals surface area contributed by atoms with Gasteiger partial charge in [-0.3, -0.25) is 0 Å². The summed E-state index contributed by atoms with van der Waals surface area (Å²) in [5, 5.41) is 0. The topological polar surface area (TPSA) is 0 Å². The van der Waals surface area contributed by atoms with Crippen LogP contribution in [0.15, 0.2) is 11.7 Å². The molecule has 0 bridgehead atoms. The quantitative estimate of drug-likeness (QED) is 0.479. The zero-order valence-corrected chi connectivity index (χ0v) is 10.8. The van der Waals surface area contributed by atoms with Gasteiger partial charge in [-0.15, -0.1) is 0 Å². The maximum Gasteiger partial charge on any atom is 0.460 e. The third-order valence-electron chi connectivity index (χ3n) is 2.52. The van der Waals surface area contributed by atoms with E-state index in [1.807, 2.05) is 0 Å². The first-order valence-electron chi connectivity index (χ1n) is 5.21. The summed E-state index contributed by atoms with van der Waals surface area (Å²) in [6.07, 6.45) is -7.38. The van der Waals surface area contributed by atoms with Gasteiger partial charge >= 0.3 is 35.8 Å². The van der Waals surface area contributed by atoms with Crippen LogP contribution >= 0.6 is 0 Å². The molecule has 0 heterocycles. The van der Waals surface area contributed by atoms with Gasteiger partial charge in [0.25, 0.3) is 0 Å². The molecule has 0 saturated carbocycles. The van der Waals surface area contributed by atoms with E-state index in [1.54, 1.807) is 0 Å². The lowest BCUT2D eigenvalue weighted by atomic mass is 10.0. The molecular weight excluding hydrogens is 412 g/mol. The minimum absolute atomic E-state index is 3.67. The molecule has 0 aliphatic heterocycles. The Morgan fingerprint density at radius 2 is 0.800 bits per heavy atom. The summed E-state index contributed by atoms with van der Waals surface area (Å²) < 4.78 is 198. The highest BCUT2D eigenvalue weighted by Gasteiger charge is 2.79. The molecule has 0 aliphatic carbocycles. The van der Waals surface area contributed by atoms with Crippen LogP contribution in [0.3, 0.4) is 0 Å². The predicted molar refractivity (Wildman–Crippen MR) is 46.0 cm³/mol. The van der Waals surface area contributed by atoms with Crippen molar-refractivity contribution in [3.05, 3.63) is 11.7 Å². The van der Waals surface area contributed by atoms with Gasteiger partial charge in [0, 0.05) is 0 Å². The number of hydrogen-bond acceptors (Lipinski definition) is 0. The second-order valence-corrected chi connectivity index (χ2v) is 4.26. The average molecular weight is 414 g/mol. The van der Waals surface area contributed by atoms with Gasteiger partial charge in [-0.05, 0) is 0 Å². The lowest BCUT2D eigenvalue weighted by molar-refractivity contribution is -0.349. The fourth-order valence-electron chi connectivity index (χ4n) is 1.04. The summed E-state index contributed by atoms with van der Waals surface area (Å²) in [5.41, 5.74) is 0. The van der Waals surface area contributed by atoms with Crippen LogP contribution in [0.5, 0.6) is 0 Å². The van der Waals surface area contributed by atoms with Gasteiger partial charge in [0.05, 0.1) is 0 Å². The molecule has 0 aliphatic rings. The summed E-state index contributed by atoms with van der Waals surface area (Å²) in [4.78, 5) is 0. The van der Waals surface area contributed by atoms with Crippen LogP contribution < -0.4 is 0 Å². The lowest BCUT2D eigenvalue weighted by Crippen LogP contribution is -2.57. The highest BCUT2D eigenvalue weighted by Crippen LogP contribution is 2.55. The summed E-state index contributed by atoms with van der Waals surface area (Å²) in [6.45, 7) is -3.67. The summed E-state index contributed by atoms with van der Waals surface area (Å²) in [5.74, 6) is -46.5. The van der Waals surface area contributed by atoms with Crippen molar-refractivity contribution in [2.45, 2.75) is 35.8 Å². The number of allylic oxidation sites excluding steroid dienone is 2. The minimum atomic E-state index is -7.59. The Labute approximate surface area is 126 Å². The molecule has 0 N–H and O–H groups in total. The maximum absolute atomic E-state index is 12.8. The van der Waals surface area contributed by atoms with Gasteiger partial charge in [-0.25, -0.2) is 13.2 Å². The molecule has 0 rings (SSSR count). The first kappa shape index (κ1) is 23.6. The Balaban J connectivity index is 6.43. The molecule has 16 heteroatoms. The third kappa shape index (κ3) is 3.35. The minimum Gasteiger partial charge on any atom is -0.244 e. The van der Waals surface area contributed by atoms with E-state index < -0.39 is 54.1 Å². The van der Waals surface area contributed by atoms with Crippen LogP contribution in [-0.4, -0.2) is 42.5 Å². The summed E-state index contributed by atoms with van der Waals surface area (Å²) in [6, 6.07) is 0. The van der Waals surface area contributed by atoms with Crippen LogP contribution in [0.2, 0.25) is 0 Å². The molecule has 0 aromatic heterocycles. The van der Waals surface area contributed by atoms with Gasteiger partial charge in [0.1, 0.15) is 0 Å². The van der Waals surface area contributed by atoms with Crippen molar-refractivity contribution in [2.75, 3.05) is 6.67 Å². The van der Waals surface area contributed by atoms with Crippen molar-refractivity contribution in [1.82, 2.24) is 0 Å². The monoisotopic (exact) mass is 414 g/mol. The van der Waals surface area contributed by atoms with Gasteiger partial charge < -0.3 is 0 Å². The van der Waals surface area contributed by atoms with Crippen LogP contribution in [0.1, 0.15) is 0 Å². The first-order valence-corrected chi connectivity index (χ1v) is 5.21. The normalized spacial score (nSPS) is 16.8. The molecule has 0 spiro atoms. The Bertz CT molecular complexity index is 522. The van der Waals surface area contributed by atoms with Gasteiger partial charge in [-0.1, -0.05) is 0 Å². The molecule has 0 saturated heterocycles. The highest BCUT2D eigenvalue weighted by atomic mass is 19.4. The van der Waals surface area contributed by atoms with E-state index in [2.05, 4.69) is 0 Å². The van der Waals surface area contributed by atoms with E-state index >= 15 is 0 Å². The van der Waals surface area contributed by atoms with E-state index in [9.17, 15) is 70.2 Å². The first-order chi connectivity index (χ1) is 10.6. The molecule has 0 nitrogen and oxygen atoms in total. The van der Waals surface area contributed by atoms with E-state index in [4.69, 9.17) is 0 Å². The Morgan fingerprint density at radius 3 is 1.04 bits per heavy atom. The molecule has 0 fully saturated rings. The van der Waals surface area contributed by atoms with Crippen LogP contribution in [0.4, 0.5) is 70.2 Å². The number of alkyl halides is 14. The second-order valence-electron chi connectivity index (χ2n) is 4.26. The lowest BCUT2D eigenvalue weighted by Gasteiger charge is -2.32. The number of hydrogen-bond donors (Lipinski definition) is 0. The third-order valence-corrected chi connectivity index (χ3v) is 2.52. The Hall–Kier alpha value is -1.38. The fourth-order valence-corrected chi connectivity index (χ4v) is 1.04. The zero-order chi connectivity index (χ0) is 20.9. The fraction of sp³-hybridized carbons (Fsp3) is 0.778. The Kier molecular flexibility index (Phi) is 5.77. The molecule has 0 aromatic carbocycles. The molecule has 0 atom stereocenters. The zero-order valence-electron chi connectivity index (χ0n) is 10.8. The van der Waals surface area contributed by atoms with Crippen molar-refractivity contribution < 1.29 is 70.2 Å². The van der Waals surface area contributed by atoms with E-state index in [1.165, 1.54) is 0 Å². The highest BCUT2D eigenvalue weighted by molar-refractivity contribution is 5.24. The van der Waals surface area contributed by atoms with Gasteiger partial charge in [-0.2, -0.15) is 57.1 Å². The summed E-state index contributed by atoms with van der Waals surface area (Å²) >= 11 is 0. The van der Waals surface area contributed by atoms with Crippen LogP contribution in [0.25, 0.3) is 0 Å². The standard InChI is InChI=1S/C9H2F16/c10-1-4(13,14)7(19,20)5(15,16)2(11)3(12)6(17,18)8(21,22)9(23,24)25/h1H2/b3-2+. The summed E-state index contributed by atoms with van der Waals surface area (Å²) in [7, 11) is 0. The number of rotatable bonds is 6. The second kappa shape index (κ2) is 6.10. The van der Waals surface area contributed by atoms with Crippen LogP contribution in [-0.2, 0) is 0 Å². The SMILES string of the molecule is FCC(F)(F)C(F)(F)C(F)(F)/C(F)=C(\F)C(F)(F)C(F)(F)C(F)(F)F. The van der Waals surface area contributed by atoms with Crippen molar-refractivity contribution in [2.24, 2.45) is 0 Å². The smallest absolute Gasteiger partial charge is 0.244 e. The maximum atomic E-state index is 12.8. The molecular formula is C9H2F16. The van der Waals surface area contributed by atoms with Gasteiger partial charge in [0.2, 0.25) is 11.7 Å². The molecule has 0 amide bonds. The molecule has 0 aromatic rings. The predicted octanol–water partition coefficient (Wildman–Crippen LogP) is 5.85. The van der Waals surface area contributed by atoms with Crippen molar-refractivity contribution in [1.29, 1.82) is 0 Å². The van der Waals surface area contributed by atoms with Crippen LogP contribution in [0, 0.1) is 0 Å². The van der Waals surface area contributed by atoms with Gasteiger partial charge in [0.15, 0.2) is 6.67 Å². The average Bonchev–Trinajstić information content (AvgIpc) is 2.43. The Morgan fingerprint density at radius 1 is 0.520 bits per heavy atom.